The fourth-order valence-electron chi connectivity index (χ4n) is 3.18. The van der Waals surface area contributed by atoms with Crippen molar-refractivity contribution >= 4 is 11.9 Å². The lowest BCUT2D eigenvalue weighted by Crippen LogP contribution is -2.53. The van der Waals surface area contributed by atoms with Gasteiger partial charge in [0.15, 0.2) is 5.60 Å². The molecule has 0 amide bonds. The van der Waals surface area contributed by atoms with Crippen molar-refractivity contribution in [3.63, 3.8) is 0 Å². The Morgan fingerprint density at radius 2 is 1.96 bits per heavy atom. The van der Waals surface area contributed by atoms with Crippen molar-refractivity contribution < 1.29 is 34.8 Å². The number of hydrogen-bond donors (Lipinski definition) is 4. The molecule has 4 atom stereocenters. The summed E-state index contributed by atoms with van der Waals surface area (Å²) in [6.45, 7) is 7.40. The predicted octanol–water partition coefficient (Wildman–Crippen LogP) is -0.236. The highest BCUT2D eigenvalue weighted by molar-refractivity contribution is 5.80. The number of carbonyl (C=O) groups is 2. The number of aliphatic carboxylic acids is 1. The first-order valence-corrected chi connectivity index (χ1v) is 8.40. The molecule has 2 heterocycles. The van der Waals surface area contributed by atoms with E-state index in [4.69, 9.17) is 14.6 Å². The van der Waals surface area contributed by atoms with Gasteiger partial charge in [0.2, 0.25) is 0 Å². The first-order chi connectivity index (χ1) is 11.5. The van der Waals surface area contributed by atoms with Crippen molar-refractivity contribution in [1.29, 1.82) is 0 Å². The number of ether oxygens (including phenoxy) is 1. The van der Waals surface area contributed by atoms with Crippen molar-refractivity contribution in [2.24, 2.45) is 5.92 Å². The number of rotatable bonds is 5. The van der Waals surface area contributed by atoms with Gasteiger partial charge < -0.3 is 25.2 Å². The molecule has 2 aliphatic heterocycles. The summed E-state index contributed by atoms with van der Waals surface area (Å²) in [5, 5.41) is 37.4. The molecule has 0 aromatic rings. The standard InChI is InChI=1S/C15H25NO5.C2H4O2/c1-9(2)15(20,10(3)17)14(19)21-8-11-4-6-16-7-5-12(18)13(11)16;1-2(3)4/h4,9-10,12-13,17-18,20H,5-8H2,1-3H3;1H3,(H,3,4)/t10-,12-,13-,15+;/m1./s1. The topological polar surface area (TPSA) is 128 Å². The van der Waals surface area contributed by atoms with Crippen LogP contribution in [0.3, 0.4) is 0 Å². The molecular weight excluding hydrogens is 330 g/mol. The third kappa shape index (κ3) is 5.01. The molecule has 2 rings (SSSR count). The second-order valence-corrected chi connectivity index (χ2v) is 6.83. The van der Waals surface area contributed by atoms with Gasteiger partial charge in [-0.1, -0.05) is 19.9 Å². The third-order valence-electron chi connectivity index (χ3n) is 4.65. The first-order valence-electron chi connectivity index (χ1n) is 8.40. The van der Waals surface area contributed by atoms with Crippen LogP contribution in [0.5, 0.6) is 0 Å². The van der Waals surface area contributed by atoms with E-state index < -0.39 is 35.7 Å². The van der Waals surface area contributed by atoms with Crippen LogP contribution in [0.25, 0.3) is 0 Å². The van der Waals surface area contributed by atoms with E-state index in [9.17, 15) is 20.1 Å². The van der Waals surface area contributed by atoms with E-state index in [-0.39, 0.29) is 12.6 Å². The van der Waals surface area contributed by atoms with Gasteiger partial charge in [-0.15, -0.1) is 0 Å². The van der Waals surface area contributed by atoms with Crippen LogP contribution in [0.1, 0.15) is 34.1 Å². The molecule has 0 aromatic carbocycles. The Bertz CT molecular complexity index is 503. The Morgan fingerprint density at radius 1 is 1.40 bits per heavy atom. The van der Waals surface area contributed by atoms with Gasteiger partial charge in [-0.3, -0.25) is 9.69 Å². The average Bonchev–Trinajstić information content (AvgIpc) is 3.06. The Labute approximate surface area is 147 Å². The van der Waals surface area contributed by atoms with Crippen molar-refractivity contribution in [2.75, 3.05) is 19.7 Å². The summed E-state index contributed by atoms with van der Waals surface area (Å²) in [6.07, 6.45) is 1.03. The Hall–Kier alpha value is -1.48. The lowest BCUT2D eigenvalue weighted by Gasteiger charge is -2.32. The molecule has 8 nitrogen and oxygen atoms in total. The number of esters is 1. The zero-order valence-electron chi connectivity index (χ0n) is 15.2. The lowest BCUT2D eigenvalue weighted by atomic mass is 9.85. The second-order valence-electron chi connectivity index (χ2n) is 6.83. The molecule has 4 N–H and O–H groups in total. The number of carboxylic acid groups (broad SMARTS) is 1. The molecule has 1 saturated heterocycles. The summed E-state index contributed by atoms with van der Waals surface area (Å²) in [5.41, 5.74) is -1.04. The summed E-state index contributed by atoms with van der Waals surface area (Å²) >= 11 is 0. The summed E-state index contributed by atoms with van der Waals surface area (Å²) in [6, 6.07) is -0.0866. The largest absolute Gasteiger partial charge is 0.481 e. The van der Waals surface area contributed by atoms with Crippen LogP contribution in [0.15, 0.2) is 11.6 Å². The molecule has 2 aliphatic rings. The van der Waals surface area contributed by atoms with Gasteiger partial charge in [0.05, 0.1) is 18.2 Å². The van der Waals surface area contributed by atoms with E-state index in [1.54, 1.807) is 13.8 Å². The van der Waals surface area contributed by atoms with E-state index in [2.05, 4.69) is 4.90 Å². The SMILES string of the molecule is CC(=O)O.CC(C)[C@@](O)(C(=O)OCC1=CCN2CC[C@@H](O)[C@@H]12)[C@@H](C)O. The maximum absolute atomic E-state index is 12.1. The smallest absolute Gasteiger partial charge is 0.341 e. The second kappa shape index (κ2) is 8.75. The average molecular weight is 359 g/mol. The third-order valence-corrected chi connectivity index (χ3v) is 4.65. The van der Waals surface area contributed by atoms with E-state index in [0.717, 1.165) is 32.0 Å². The normalized spacial score (nSPS) is 26.2. The number of aliphatic hydroxyl groups excluding tert-OH is 2. The molecule has 1 fully saturated rings. The highest BCUT2D eigenvalue weighted by Crippen LogP contribution is 2.30. The highest BCUT2D eigenvalue weighted by Gasteiger charge is 2.46. The Kier molecular flexibility index (Phi) is 7.55. The predicted molar refractivity (Wildman–Crippen MR) is 89.8 cm³/mol. The van der Waals surface area contributed by atoms with Gasteiger partial charge in [0.25, 0.3) is 5.97 Å². The molecule has 0 aromatic heterocycles. The minimum atomic E-state index is -1.91. The molecule has 0 unspecified atom stereocenters. The maximum atomic E-state index is 12.1. The number of nitrogens with zero attached hydrogens (tertiary/aromatic N) is 1. The molecule has 0 aliphatic carbocycles. The number of carboxylic acids is 1. The monoisotopic (exact) mass is 359 g/mol. The van der Waals surface area contributed by atoms with Crippen LogP contribution in [-0.2, 0) is 14.3 Å². The summed E-state index contributed by atoms with van der Waals surface area (Å²) in [7, 11) is 0. The molecule has 0 radical (unpaired) electrons. The summed E-state index contributed by atoms with van der Waals surface area (Å²) in [4.78, 5) is 23.3. The maximum Gasteiger partial charge on any atom is 0.341 e. The van der Waals surface area contributed by atoms with Crippen LogP contribution in [0.4, 0.5) is 0 Å². The minimum Gasteiger partial charge on any atom is -0.481 e. The number of aliphatic hydroxyl groups is 3. The van der Waals surface area contributed by atoms with Gasteiger partial charge in [0.1, 0.15) is 6.61 Å². The van der Waals surface area contributed by atoms with E-state index >= 15 is 0 Å². The van der Waals surface area contributed by atoms with Crippen LogP contribution in [-0.4, -0.2) is 80.8 Å². The molecule has 0 saturated carbocycles. The molecular formula is C17H29NO7. The van der Waals surface area contributed by atoms with Gasteiger partial charge >= 0.3 is 5.97 Å². The van der Waals surface area contributed by atoms with Gasteiger partial charge in [-0.25, -0.2) is 4.79 Å². The summed E-state index contributed by atoms with van der Waals surface area (Å²) < 4.78 is 5.22. The van der Waals surface area contributed by atoms with Crippen LogP contribution in [0, 0.1) is 5.92 Å². The molecule has 0 bridgehead atoms. The van der Waals surface area contributed by atoms with Crippen LogP contribution < -0.4 is 0 Å². The fourth-order valence-corrected chi connectivity index (χ4v) is 3.18. The van der Waals surface area contributed by atoms with Crippen molar-refractivity contribution in [3.05, 3.63) is 11.6 Å². The van der Waals surface area contributed by atoms with Gasteiger partial charge in [0, 0.05) is 20.0 Å². The van der Waals surface area contributed by atoms with Crippen molar-refractivity contribution in [3.8, 4) is 0 Å². The van der Waals surface area contributed by atoms with Gasteiger partial charge in [-0.05, 0) is 24.8 Å². The highest BCUT2D eigenvalue weighted by atomic mass is 16.6. The zero-order chi connectivity index (χ0) is 19.4. The fraction of sp³-hybridized carbons (Fsp3) is 0.765. The number of fused-ring (bicyclic) bond motifs is 1. The van der Waals surface area contributed by atoms with Crippen LogP contribution >= 0.6 is 0 Å². The molecule has 8 heteroatoms. The lowest BCUT2D eigenvalue weighted by molar-refractivity contribution is -0.183. The zero-order valence-corrected chi connectivity index (χ0v) is 15.2. The van der Waals surface area contributed by atoms with Gasteiger partial charge in [-0.2, -0.15) is 0 Å². The molecule has 25 heavy (non-hydrogen) atoms. The Balaban J connectivity index is 0.000000705. The Morgan fingerprint density at radius 3 is 2.44 bits per heavy atom. The number of hydrogen-bond acceptors (Lipinski definition) is 7. The van der Waals surface area contributed by atoms with E-state index in [1.165, 1.54) is 6.92 Å². The first kappa shape index (κ1) is 21.6. The molecule has 0 spiro atoms. The van der Waals surface area contributed by atoms with Crippen molar-refractivity contribution in [2.45, 2.75) is 58.0 Å². The van der Waals surface area contributed by atoms with Crippen molar-refractivity contribution in [1.82, 2.24) is 4.90 Å². The van der Waals surface area contributed by atoms with E-state index in [0.29, 0.717) is 0 Å². The quantitative estimate of drug-likeness (QED) is 0.391. The minimum absolute atomic E-state index is 0.0405. The van der Waals surface area contributed by atoms with E-state index in [1.807, 2.05) is 6.08 Å². The van der Waals surface area contributed by atoms with Crippen LogP contribution in [0.2, 0.25) is 0 Å². The summed E-state index contributed by atoms with van der Waals surface area (Å²) in [5.74, 6) is -2.12. The number of carbonyl (C=O) groups excluding carboxylic acids is 1. The molecule has 144 valence electrons.